The van der Waals surface area contributed by atoms with Crippen LogP contribution in [0.15, 0.2) is 50.5 Å². The molecule has 0 fully saturated rings. The second kappa shape index (κ2) is 7.21. The predicted octanol–water partition coefficient (Wildman–Crippen LogP) is 1.44. The van der Waals surface area contributed by atoms with Crippen LogP contribution in [0.5, 0.6) is 11.5 Å². The van der Waals surface area contributed by atoms with Gasteiger partial charge in [-0.05, 0) is 43.9 Å². The van der Waals surface area contributed by atoms with Gasteiger partial charge in [-0.2, -0.15) is 0 Å². The van der Waals surface area contributed by atoms with Gasteiger partial charge >= 0.3 is 5.76 Å². The number of benzene rings is 2. The second-order valence-corrected chi connectivity index (χ2v) is 8.77. The van der Waals surface area contributed by atoms with Crippen molar-refractivity contribution in [2.45, 2.75) is 10.9 Å². The van der Waals surface area contributed by atoms with Crippen LogP contribution < -0.4 is 20.0 Å². The minimum absolute atomic E-state index is 0.0301. The molecule has 154 valence electrons. The van der Waals surface area contributed by atoms with E-state index in [0.29, 0.717) is 17.0 Å². The van der Waals surface area contributed by atoms with Crippen molar-refractivity contribution in [2.75, 3.05) is 27.4 Å². The quantitative estimate of drug-likeness (QED) is 0.645. The number of nitrogens with one attached hydrogen (secondary N) is 1. The molecule has 0 amide bonds. The van der Waals surface area contributed by atoms with Crippen molar-refractivity contribution in [3.05, 3.63) is 52.5 Å². The molecule has 4 rings (SSSR count). The van der Waals surface area contributed by atoms with Gasteiger partial charge in [0.1, 0.15) is 0 Å². The number of rotatable bonds is 6. The Labute approximate surface area is 167 Å². The van der Waals surface area contributed by atoms with E-state index in [0.717, 1.165) is 5.56 Å². The predicted molar refractivity (Wildman–Crippen MR) is 106 cm³/mol. The monoisotopic (exact) mass is 419 g/mol. The van der Waals surface area contributed by atoms with Crippen molar-refractivity contribution in [1.82, 2.24) is 14.2 Å². The van der Waals surface area contributed by atoms with Gasteiger partial charge in [0, 0.05) is 25.7 Å². The van der Waals surface area contributed by atoms with E-state index >= 15 is 0 Å². The lowest BCUT2D eigenvalue weighted by atomic mass is 10.1. The Morgan fingerprint density at radius 3 is 2.66 bits per heavy atom. The molecule has 29 heavy (non-hydrogen) atoms. The van der Waals surface area contributed by atoms with Crippen LogP contribution in [-0.4, -0.2) is 45.3 Å². The fourth-order valence-corrected chi connectivity index (χ4v) is 4.33. The Hall–Kier alpha value is -2.82. The maximum atomic E-state index is 12.8. The van der Waals surface area contributed by atoms with Crippen LogP contribution in [0.1, 0.15) is 11.6 Å². The van der Waals surface area contributed by atoms with E-state index in [2.05, 4.69) is 4.72 Å². The summed E-state index contributed by atoms with van der Waals surface area (Å²) < 4.78 is 45.4. The number of likely N-dealkylation sites (N-methyl/N-ethyl adjacent to an activating group) is 1. The van der Waals surface area contributed by atoms with Crippen molar-refractivity contribution in [1.29, 1.82) is 0 Å². The number of oxazole rings is 1. The zero-order valence-electron chi connectivity index (χ0n) is 16.2. The highest BCUT2D eigenvalue weighted by molar-refractivity contribution is 7.89. The normalized spacial score (nSPS) is 14.6. The molecule has 1 aromatic heterocycles. The zero-order valence-corrected chi connectivity index (χ0v) is 17.0. The molecule has 0 unspecified atom stereocenters. The lowest BCUT2D eigenvalue weighted by Crippen LogP contribution is -2.34. The topological polar surface area (TPSA) is 103 Å². The minimum Gasteiger partial charge on any atom is -0.454 e. The second-order valence-electron chi connectivity index (χ2n) is 7.00. The van der Waals surface area contributed by atoms with Crippen LogP contribution in [0.3, 0.4) is 0 Å². The fourth-order valence-electron chi connectivity index (χ4n) is 3.27. The van der Waals surface area contributed by atoms with E-state index in [1.807, 2.05) is 37.2 Å². The summed E-state index contributed by atoms with van der Waals surface area (Å²) in [6.07, 6.45) is 0. The molecule has 0 aliphatic carbocycles. The zero-order chi connectivity index (χ0) is 20.8. The molecule has 1 aliphatic heterocycles. The van der Waals surface area contributed by atoms with Gasteiger partial charge in [-0.15, -0.1) is 0 Å². The number of nitrogens with zero attached hydrogens (tertiary/aromatic N) is 2. The molecule has 3 aromatic rings. The summed E-state index contributed by atoms with van der Waals surface area (Å²) in [6, 6.07) is 9.68. The van der Waals surface area contributed by atoms with E-state index in [1.54, 1.807) is 13.1 Å². The van der Waals surface area contributed by atoms with Gasteiger partial charge in [-0.3, -0.25) is 4.57 Å². The van der Waals surface area contributed by atoms with Gasteiger partial charge in [0.25, 0.3) is 0 Å². The number of hydrogen-bond acceptors (Lipinski definition) is 7. The third-order valence-corrected chi connectivity index (χ3v) is 6.37. The molecule has 1 aliphatic rings. The fraction of sp³-hybridized carbons (Fsp3) is 0.316. The van der Waals surface area contributed by atoms with Crippen LogP contribution in [0.4, 0.5) is 0 Å². The first-order valence-electron chi connectivity index (χ1n) is 8.91. The van der Waals surface area contributed by atoms with Crippen molar-refractivity contribution < 1.29 is 22.3 Å². The Morgan fingerprint density at radius 2 is 1.90 bits per heavy atom. The molecule has 0 saturated heterocycles. The Morgan fingerprint density at radius 1 is 1.14 bits per heavy atom. The highest BCUT2D eigenvalue weighted by Gasteiger charge is 2.23. The summed E-state index contributed by atoms with van der Waals surface area (Å²) >= 11 is 0. The Balaban J connectivity index is 1.57. The molecule has 10 heteroatoms. The van der Waals surface area contributed by atoms with E-state index < -0.39 is 15.8 Å². The molecule has 0 radical (unpaired) electrons. The summed E-state index contributed by atoms with van der Waals surface area (Å²) in [5.74, 6) is 0.768. The first kappa shape index (κ1) is 19.5. The van der Waals surface area contributed by atoms with Crippen molar-refractivity contribution in [3.8, 4) is 11.5 Å². The summed E-state index contributed by atoms with van der Waals surface area (Å²) in [5.41, 5.74) is 1.65. The highest BCUT2D eigenvalue weighted by Crippen LogP contribution is 2.35. The molecule has 0 spiro atoms. The van der Waals surface area contributed by atoms with E-state index in [-0.39, 0.29) is 29.9 Å². The summed E-state index contributed by atoms with van der Waals surface area (Å²) in [7, 11) is 1.49. The van der Waals surface area contributed by atoms with E-state index in [4.69, 9.17) is 13.9 Å². The smallest absolute Gasteiger partial charge is 0.419 e. The van der Waals surface area contributed by atoms with Gasteiger partial charge in [-0.25, -0.2) is 17.9 Å². The van der Waals surface area contributed by atoms with Crippen molar-refractivity contribution in [3.63, 3.8) is 0 Å². The van der Waals surface area contributed by atoms with Gasteiger partial charge in [0.05, 0.1) is 10.4 Å². The summed E-state index contributed by atoms with van der Waals surface area (Å²) in [6.45, 7) is 0.321. The number of ether oxygens (including phenoxy) is 2. The molecule has 1 N–H and O–H groups in total. The maximum absolute atomic E-state index is 12.8. The first-order chi connectivity index (χ1) is 13.8. The van der Waals surface area contributed by atoms with Gasteiger partial charge in [0.15, 0.2) is 17.1 Å². The minimum atomic E-state index is -3.81. The standard InChI is InChI=1S/C19H21N3O6S/c1-21(2)15(12-4-7-16-18(8-12)27-11-26-16)10-20-29(24,25)13-5-6-14-17(9-13)28-19(23)22(14)3/h4-9,15,20H,10-11H2,1-3H3/t15-/m1/s1. The molecular weight excluding hydrogens is 398 g/mol. The lowest BCUT2D eigenvalue weighted by Gasteiger charge is -2.25. The molecule has 1 atom stereocenters. The van der Waals surface area contributed by atoms with Crippen LogP contribution in [0.25, 0.3) is 11.1 Å². The SMILES string of the molecule is CN(C)[C@H](CNS(=O)(=O)c1ccc2c(c1)oc(=O)n2C)c1ccc2c(c1)OCO2. The van der Waals surface area contributed by atoms with Gasteiger partial charge in [-0.1, -0.05) is 6.07 Å². The number of aryl methyl sites for hydroxylation is 1. The average molecular weight is 419 g/mol. The number of hydrogen-bond donors (Lipinski definition) is 1. The number of fused-ring (bicyclic) bond motifs is 2. The number of aromatic nitrogens is 1. The van der Waals surface area contributed by atoms with Crippen LogP contribution in [0.2, 0.25) is 0 Å². The average Bonchev–Trinajstić information content (AvgIpc) is 3.25. The molecule has 2 heterocycles. The highest BCUT2D eigenvalue weighted by atomic mass is 32.2. The summed E-state index contributed by atoms with van der Waals surface area (Å²) in [5, 5.41) is 0. The third-order valence-electron chi connectivity index (χ3n) is 4.95. The summed E-state index contributed by atoms with van der Waals surface area (Å²) in [4.78, 5) is 13.6. The third kappa shape index (κ3) is 3.61. The van der Waals surface area contributed by atoms with Crippen LogP contribution in [0, 0.1) is 0 Å². The largest absolute Gasteiger partial charge is 0.454 e. The Kier molecular flexibility index (Phi) is 4.85. The van der Waals surface area contributed by atoms with Gasteiger partial charge < -0.3 is 18.8 Å². The number of sulfonamides is 1. The maximum Gasteiger partial charge on any atom is 0.419 e. The molecule has 9 nitrogen and oxygen atoms in total. The Bertz CT molecular complexity index is 1230. The molecule has 0 saturated carbocycles. The van der Waals surface area contributed by atoms with E-state index in [1.165, 1.54) is 16.7 Å². The van der Waals surface area contributed by atoms with Crippen LogP contribution in [-0.2, 0) is 17.1 Å². The van der Waals surface area contributed by atoms with Crippen molar-refractivity contribution in [2.24, 2.45) is 7.05 Å². The van der Waals surface area contributed by atoms with E-state index in [9.17, 15) is 13.2 Å². The molecule has 0 bridgehead atoms. The van der Waals surface area contributed by atoms with Crippen molar-refractivity contribution >= 4 is 21.1 Å². The van der Waals surface area contributed by atoms with Crippen LogP contribution >= 0.6 is 0 Å². The molecule has 2 aromatic carbocycles. The first-order valence-corrected chi connectivity index (χ1v) is 10.4. The molecular formula is C19H21N3O6S. The lowest BCUT2D eigenvalue weighted by molar-refractivity contribution is 0.174. The van der Waals surface area contributed by atoms with Gasteiger partial charge in [0.2, 0.25) is 16.8 Å².